The molecule has 2 rings (SSSR count). The van der Waals surface area contributed by atoms with Crippen molar-refractivity contribution in [3.05, 3.63) is 29.3 Å². The second kappa shape index (κ2) is 4.51. The number of carbonyl (C=O) groups excluding carboxylic acids is 1. The van der Waals surface area contributed by atoms with Gasteiger partial charge in [-0.3, -0.25) is 5.32 Å². The zero-order valence-corrected chi connectivity index (χ0v) is 8.66. The molecule has 1 atom stereocenters. The molecule has 1 amide bonds. The Morgan fingerprint density at radius 3 is 3.00 bits per heavy atom. The van der Waals surface area contributed by atoms with Crippen LogP contribution in [0.1, 0.15) is 0 Å². The van der Waals surface area contributed by atoms with E-state index in [1.807, 2.05) is 0 Å². The number of rotatable bonds is 3. The second-order valence-corrected chi connectivity index (χ2v) is 3.57. The summed E-state index contributed by atoms with van der Waals surface area (Å²) < 4.78 is 9.79. The van der Waals surface area contributed by atoms with Crippen LogP contribution in [0.25, 0.3) is 0 Å². The molecular formula is C10H10ClNO3. The molecule has 0 bridgehead atoms. The first-order chi connectivity index (χ1) is 7.25. The molecule has 80 valence electrons. The van der Waals surface area contributed by atoms with Gasteiger partial charge in [-0.15, -0.1) is 0 Å². The molecule has 0 saturated carbocycles. The van der Waals surface area contributed by atoms with Crippen molar-refractivity contribution in [3.63, 3.8) is 0 Å². The monoisotopic (exact) mass is 227 g/mol. The molecule has 0 aromatic heterocycles. The maximum Gasteiger partial charge on any atom is 0.411 e. The smallest absolute Gasteiger partial charge is 0.411 e. The first-order valence-corrected chi connectivity index (χ1v) is 4.93. The molecule has 1 aromatic rings. The summed E-state index contributed by atoms with van der Waals surface area (Å²) in [6, 6.07) is 6.97. The molecule has 1 aliphatic heterocycles. The largest absolute Gasteiger partial charge is 0.446 e. The Bertz CT molecular complexity index is 365. The molecule has 0 radical (unpaired) electrons. The van der Waals surface area contributed by atoms with E-state index in [4.69, 9.17) is 21.1 Å². The summed E-state index contributed by atoms with van der Waals surface area (Å²) >= 11 is 5.85. The van der Waals surface area contributed by atoms with Crippen LogP contribution in [-0.2, 0) is 9.47 Å². The van der Waals surface area contributed by atoms with Gasteiger partial charge >= 0.3 is 6.09 Å². The zero-order chi connectivity index (χ0) is 10.7. The van der Waals surface area contributed by atoms with Gasteiger partial charge in [0.25, 0.3) is 0 Å². The van der Waals surface area contributed by atoms with E-state index in [-0.39, 0.29) is 12.7 Å². The zero-order valence-electron chi connectivity index (χ0n) is 7.90. The highest BCUT2D eigenvalue weighted by Crippen LogP contribution is 2.20. The standard InChI is InChI=1S/C10H10ClNO3/c11-8-3-1-2-4-9(8)12-10(13)15-6-7-5-14-7/h1-4,7H,5-6H2,(H,12,13)/t7-/m1/s1. The van der Waals surface area contributed by atoms with Crippen molar-refractivity contribution in [1.82, 2.24) is 0 Å². The van der Waals surface area contributed by atoms with Gasteiger partial charge in [-0.25, -0.2) is 4.79 Å². The fourth-order valence-electron chi connectivity index (χ4n) is 1.04. The lowest BCUT2D eigenvalue weighted by atomic mass is 10.3. The summed E-state index contributed by atoms with van der Waals surface area (Å²) in [5.41, 5.74) is 0.542. The van der Waals surface area contributed by atoms with E-state index in [1.165, 1.54) is 0 Å². The van der Waals surface area contributed by atoms with E-state index < -0.39 is 6.09 Å². The summed E-state index contributed by atoms with van der Waals surface area (Å²) in [6.07, 6.45) is -0.444. The molecule has 1 aliphatic rings. The van der Waals surface area contributed by atoms with Crippen molar-refractivity contribution < 1.29 is 14.3 Å². The normalized spacial score (nSPS) is 18.3. The van der Waals surface area contributed by atoms with E-state index in [2.05, 4.69) is 5.32 Å². The van der Waals surface area contributed by atoms with Gasteiger partial charge in [-0.05, 0) is 12.1 Å². The molecule has 0 spiro atoms. The van der Waals surface area contributed by atoms with E-state index in [0.717, 1.165) is 0 Å². The van der Waals surface area contributed by atoms with Crippen LogP contribution in [0.15, 0.2) is 24.3 Å². The van der Waals surface area contributed by atoms with Crippen LogP contribution in [0.5, 0.6) is 0 Å². The number of amides is 1. The summed E-state index contributed by atoms with van der Waals surface area (Å²) in [5, 5.41) is 3.03. The molecule has 5 heteroatoms. The van der Waals surface area contributed by atoms with Crippen molar-refractivity contribution in [2.75, 3.05) is 18.5 Å². The Hall–Kier alpha value is -1.26. The van der Waals surface area contributed by atoms with Crippen LogP contribution in [0.4, 0.5) is 10.5 Å². The number of hydrogen-bond acceptors (Lipinski definition) is 3. The number of halogens is 1. The van der Waals surface area contributed by atoms with Gasteiger partial charge in [0.05, 0.1) is 17.3 Å². The van der Waals surface area contributed by atoms with Crippen molar-refractivity contribution in [1.29, 1.82) is 0 Å². The Morgan fingerprint density at radius 2 is 2.33 bits per heavy atom. The third-order valence-electron chi connectivity index (χ3n) is 1.91. The van der Waals surface area contributed by atoms with Crippen LogP contribution >= 0.6 is 11.6 Å². The molecule has 1 N–H and O–H groups in total. The third-order valence-corrected chi connectivity index (χ3v) is 2.24. The summed E-state index contributed by atoms with van der Waals surface area (Å²) in [7, 11) is 0. The minimum atomic E-state index is -0.515. The van der Waals surface area contributed by atoms with Crippen molar-refractivity contribution >= 4 is 23.4 Å². The van der Waals surface area contributed by atoms with Crippen molar-refractivity contribution in [3.8, 4) is 0 Å². The SMILES string of the molecule is O=C(Nc1ccccc1Cl)OC[C@H]1CO1. The number of epoxide rings is 1. The molecule has 1 saturated heterocycles. The fraction of sp³-hybridized carbons (Fsp3) is 0.300. The Labute approximate surface area is 92.1 Å². The highest BCUT2D eigenvalue weighted by atomic mass is 35.5. The topological polar surface area (TPSA) is 50.9 Å². The predicted octanol–water partition coefficient (Wildman–Crippen LogP) is 2.29. The van der Waals surface area contributed by atoms with Gasteiger partial charge in [0.2, 0.25) is 0 Å². The number of ether oxygens (including phenoxy) is 2. The number of anilines is 1. The summed E-state index contributed by atoms with van der Waals surface area (Å²) in [6.45, 7) is 0.954. The molecule has 0 unspecified atom stereocenters. The lowest BCUT2D eigenvalue weighted by molar-refractivity contribution is 0.150. The minimum Gasteiger partial charge on any atom is -0.446 e. The molecule has 0 aliphatic carbocycles. The van der Waals surface area contributed by atoms with Crippen LogP contribution < -0.4 is 5.32 Å². The lowest BCUT2D eigenvalue weighted by Crippen LogP contribution is -2.16. The van der Waals surface area contributed by atoms with Gasteiger partial charge in [-0.1, -0.05) is 23.7 Å². The predicted molar refractivity (Wildman–Crippen MR) is 56.2 cm³/mol. The van der Waals surface area contributed by atoms with Crippen LogP contribution in [0.3, 0.4) is 0 Å². The Balaban J connectivity index is 1.84. The number of benzene rings is 1. The van der Waals surface area contributed by atoms with Crippen LogP contribution in [0, 0.1) is 0 Å². The number of hydrogen-bond donors (Lipinski definition) is 1. The van der Waals surface area contributed by atoms with Gasteiger partial charge < -0.3 is 9.47 Å². The number of para-hydroxylation sites is 1. The van der Waals surface area contributed by atoms with Gasteiger partial charge in [0.15, 0.2) is 0 Å². The minimum absolute atomic E-state index is 0.0713. The first-order valence-electron chi connectivity index (χ1n) is 4.55. The van der Waals surface area contributed by atoms with Crippen molar-refractivity contribution in [2.24, 2.45) is 0 Å². The maximum absolute atomic E-state index is 11.2. The van der Waals surface area contributed by atoms with E-state index in [0.29, 0.717) is 17.3 Å². The highest BCUT2D eigenvalue weighted by molar-refractivity contribution is 6.33. The summed E-state index contributed by atoms with van der Waals surface area (Å²) in [5.74, 6) is 0. The average molecular weight is 228 g/mol. The molecule has 15 heavy (non-hydrogen) atoms. The molecule has 4 nitrogen and oxygen atoms in total. The Kier molecular flexibility index (Phi) is 3.08. The number of carbonyl (C=O) groups is 1. The van der Waals surface area contributed by atoms with E-state index in [1.54, 1.807) is 24.3 Å². The Morgan fingerprint density at radius 1 is 1.60 bits per heavy atom. The first kappa shape index (κ1) is 10.3. The average Bonchev–Trinajstić information content (AvgIpc) is 3.02. The van der Waals surface area contributed by atoms with E-state index >= 15 is 0 Å². The van der Waals surface area contributed by atoms with Crippen LogP contribution in [-0.4, -0.2) is 25.4 Å². The second-order valence-electron chi connectivity index (χ2n) is 3.16. The van der Waals surface area contributed by atoms with Crippen LogP contribution in [0.2, 0.25) is 5.02 Å². The maximum atomic E-state index is 11.2. The summed E-state index contributed by atoms with van der Waals surface area (Å²) in [4.78, 5) is 11.2. The lowest BCUT2D eigenvalue weighted by Gasteiger charge is -2.06. The molecule has 1 fully saturated rings. The van der Waals surface area contributed by atoms with E-state index in [9.17, 15) is 4.79 Å². The van der Waals surface area contributed by atoms with Gasteiger partial charge in [0.1, 0.15) is 12.7 Å². The van der Waals surface area contributed by atoms with Crippen molar-refractivity contribution in [2.45, 2.75) is 6.10 Å². The third kappa shape index (κ3) is 3.11. The number of nitrogens with one attached hydrogen (secondary N) is 1. The molecular weight excluding hydrogens is 218 g/mol. The quantitative estimate of drug-likeness (QED) is 0.806. The molecule has 1 aromatic carbocycles. The van der Waals surface area contributed by atoms with Gasteiger partial charge in [0, 0.05) is 0 Å². The fourth-order valence-corrected chi connectivity index (χ4v) is 1.22. The molecule has 1 heterocycles. The highest BCUT2D eigenvalue weighted by Gasteiger charge is 2.24. The van der Waals surface area contributed by atoms with Gasteiger partial charge in [-0.2, -0.15) is 0 Å².